The van der Waals surface area contributed by atoms with Crippen molar-refractivity contribution in [3.63, 3.8) is 0 Å². The summed E-state index contributed by atoms with van der Waals surface area (Å²) in [5.74, 6) is 0.865. The molecule has 2 aromatic rings. The predicted molar refractivity (Wildman–Crippen MR) is 75.0 cm³/mol. The van der Waals surface area contributed by atoms with Crippen molar-refractivity contribution in [3.05, 3.63) is 59.9 Å². The molecule has 5 heteroatoms. The number of halogens is 1. The fourth-order valence-electron chi connectivity index (χ4n) is 1.60. The minimum atomic E-state index is 0. The molecule has 1 aromatic carbocycles. The molecule has 0 saturated carbocycles. The van der Waals surface area contributed by atoms with Crippen LogP contribution in [-0.2, 0) is 13.6 Å². The molecule has 0 aliphatic heterocycles. The first-order valence-electron chi connectivity index (χ1n) is 6.12. The van der Waals surface area contributed by atoms with Gasteiger partial charge >= 0.3 is 0 Å². The maximum atomic E-state index is 5.11. The number of aromatic nitrogens is 1. The number of pyridine rings is 1. The molecule has 0 aliphatic rings. The Morgan fingerprint density at radius 1 is 1.15 bits per heavy atom. The molecule has 0 amide bonds. The molecule has 1 heterocycles. The molecule has 0 bridgehead atoms. The molecule has 106 valence electrons. The molecule has 1 aromatic heterocycles. The summed E-state index contributed by atoms with van der Waals surface area (Å²) in [7, 11) is 3.65. The molecule has 1 N–H and O–H groups in total. The first-order chi connectivity index (χ1) is 9.28. The number of nitrogens with one attached hydrogen (secondary N) is 1. The van der Waals surface area contributed by atoms with Crippen LogP contribution in [0, 0.1) is 0 Å². The van der Waals surface area contributed by atoms with Crippen molar-refractivity contribution in [2.45, 2.75) is 6.54 Å². The van der Waals surface area contributed by atoms with Gasteiger partial charge in [-0.1, -0.05) is 12.1 Å². The van der Waals surface area contributed by atoms with Crippen molar-refractivity contribution in [2.75, 3.05) is 7.11 Å². The number of ether oxygens (including phenoxy) is 1. The second-order valence-electron chi connectivity index (χ2n) is 4.24. The Labute approximate surface area is 125 Å². The molecule has 0 spiro atoms. The summed E-state index contributed by atoms with van der Waals surface area (Å²) in [6.45, 7) is 0.696. The molecule has 0 aliphatic carbocycles. The highest BCUT2D eigenvalue weighted by Crippen LogP contribution is 2.10. The van der Waals surface area contributed by atoms with Gasteiger partial charge in [0.05, 0.1) is 19.9 Å². The summed E-state index contributed by atoms with van der Waals surface area (Å²) >= 11 is 0. The van der Waals surface area contributed by atoms with E-state index < -0.39 is 0 Å². The average molecular weight is 292 g/mol. The van der Waals surface area contributed by atoms with Crippen LogP contribution in [0.3, 0.4) is 0 Å². The van der Waals surface area contributed by atoms with Crippen molar-refractivity contribution < 1.29 is 21.7 Å². The van der Waals surface area contributed by atoms with Crippen LogP contribution in [0.25, 0.3) is 0 Å². The third-order valence-electron chi connectivity index (χ3n) is 2.75. The predicted octanol–water partition coefficient (Wildman–Crippen LogP) is -1.35. The Kier molecular flexibility index (Phi) is 6.53. The summed E-state index contributed by atoms with van der Waals surface area (Å²) in [5.41, 5.74) is 5.26. The lowest BCUT2D eigenvalue weighted by atomic mass is 10.2. The third-order valence-corrected chi connectivity index (χ3v) is 2.75. The maximum absolute atomic E-state index is 5.11. The number of nitrogens with zero attached hydrogens (tertiary/aromatic N) is 2. The van der Waals surface area contributed by atoms with E-state index in [1.165, 1.54) is 0 Å². The summed E-state index contributed by atoms with van der Waals surface area (Å²) < 4.78 is 7.10. The highest BCUT2D eigenvalue weighted by Gasteiger charge is 1.94. The van der Waals surface area contributed by atoms with E-state index in [2.05, 4.69) is 10.5 Å². The van der Waals surface area contributed by atoms with Gasteiger partial charge in [0.2, 0.25) is 0 Å². The van der Waals surface area contributed by atoms with Crippen LogP contribution in [0.2, 0.25) is 0 Å². The Morgan fingerprint density at radius 2 is 1.80 bits per heavy atom. The van der Waals surface area contributed by atoms with Crippen LogP contribution < -0.4 is 27.1 Å². The Hall–Kier alpha value is -2.07. The zero-order valence-corrected chi connectivity index (χ0v) is 12.3. The Morgan fingerprint density at radius 3 is 2.40 bits per heavy atom. The van der Waals surface area contributed by atoms with Gasteiger partial charge in [-0.25, -0.2) is 4.57 Å². The van der Waals surface area contributed by atoms with Crippen LogP contribution in [0.15, 0.2) is 53.9 Å². The van der Waals surface area contributed by atoms with Gasteiger partial charge in [-0.3, -0.25) is 0 Å². The van der Waals surface area contributed by atoms with E-state index in [-0.39, 0.29) is 12.4 Å². The normalized spacial score (nSPS) is 10.1. The second kappa shape index (κ2) is 8.17. The number of methoxy groups -OCH3 is 1. The first kappa shape index (κ1) is 16.0. The van der Waals surface area contributed by atoms with Gasteiger partial charge in [-0.05, 0) is 17.7 Å². The fourth-order valence-corrected chi connectivity index (χ4v) is 1.60. The van der Waals surface area contributed by atoms with E-state index in [9.17, 15) is 0 Å². The summed E-state index contributed by atoms with van der Waals surface area (Å²) in [6, 6.07) is 11.9. The number of hydrogen-bond donors (Lipinski definition) is 1. The largest absolute Gasteiger partial charge is 1.00 e. The second-order valence-corrected chi connectivity index (χ2v) is 4.24. The van der Waals surface area contributed by atoms with Crippen molar-refractivity contribution >= 4 is 6.21 Å². The number of aryl methyl sites for hydroxylation is 1. The van der Waals surface area contributed by atoms with Crippen LogP contribution in [-0.4, -0.2) is 13.3 Å². The van der Waals surface area contributed by atoms with Crippen LogP contribution in [0.1, 0.15) is 11.1 Å². The molecule has 0 unspecified atom stereocenters. The maximum Gasteiger partial charge on any atom is 0.169 e. The Bertz CT molecular complexity index is 538. The van der Waals surface area contributed by atoms with Gasteiger partial charge in [0.1, 0.15) is 12.8 Å². The quantitative estimate of drug-likeness (QED) is 0.420. The summed E-state index contributed by atoms with van der Waals surface area (Å²) in [6.07, 6.45) is 5.79. The van der Waals surface area contributed by atoms with Gasteiger partial charge < -0.3 is 22.6 Å². The zero-order chi connectivity index (χ0) is 13.5. The van der Waals surface area contributed by atoms with E-state index >= 15 is 0 Å². The number of benzene rings is 1. The topological polar surface area (TPSA) is 37.5 Å². The molecule has 4 nitrogen and oxygen atoms in total. The molecule has 0 radical (unpaired) electrons. The highest BCUT2D eigenvalue weighted by molar-refractivity contribution is 5.78. The Balaban J connectivity index is 0.00000200. The van der Waals surface area contributed by atoms with E-state index in [0.717, 1.165) is 16.9 Å². The number of hydrogen-bond acceptors (Lipinski definition) is 3. The van der Waals surface area contributed by atoms with Gasteiger partial charge in [-0.2, -0.15) is 5.10 Å². The summed E-state index contributed by atoms with van der Waals surface area (Å²) in [4.78, 5) is 0. The first-order valence-corrected chi connectivity index (χ1v) is 6.12. The highest BCUT2D eigenvalue weighted by atomic mass is 35.5. The van der Waals surface area contributed by atoms with Gasteiger partial charge in [-0.15, -0.1) is 0 Å². The van der Waals surface area contributed by atoms with Crippen molar-refractivity contribution in [3.8, 4) is 5.75 Å². The van der Waals surface area contributed by atoms with Gasteiger partial charge in [0.25, 0.3) is 0 Å². The molecule has 2 rings (SSSR count). The molecular formula is C15H18ClN3O. The average Bonchev–Trinajstić information content (AvgIpc) is 2.46. The standard InChI is InChI=1S/C15H17N3O.ClH/c1-18-9-7-14(8-10-18)12-17-16-11-13-3-5-15(19-2)6-4-13;/h3-10,12H,11H2,1-2H3;1H. The van der Waals surface area contributed by atoms with Crippen molar-refractivity contribution in [1.29, 1.82) is 0 Å². The zero-order valence-electron chi connectivity index (χ0n) is 11.6. The molecule has 0 atom stereocenters. The lowest BCUT2D eigenvalue weighted by molar-refractivity contribution is -0.671. The van der Waals surface area contributed by atoms with Gasteiger partial charge in [0, 0.05) is 17.7 Å². The van der Waals surface area contributed by atoms with Crippen LogP contribution in [0.5, 0.6) is 5.75 Å². The van der Waals surface area contributed by atoms with Crippen molar-refractivity contribution in [1.82, 2.24) is 5.43 Å². The van der Waals surface area contributed by atoms with Crippen LogP contribution >= 0.6 is 0 Å². The molecule has 20 heavy (non-hydrogen) atoms. The van der Waals surface area contributed by atoms with E-state index in [0.29, 0.717) is 6.54 Å². The monoisotopic (exact) mass is 291 g/mol. The summed E-state index contributed by atoms with van der Waals surface area (Å²) in [5, 5.41) is 4.19. The van der Waals surface area contributed by atoms with E-state index in [4.69, 9.17) is 4.74 Å². The molecule has 0 saturated heterocycles. The third kappa shape index (κ3) is 4.90. The number of hydrazone groups is 1. The van der Waals surface area contributed by atoms with E-state index in [1.807, 2.05) is 66.6 Å². The van der Waals surface area contributed by atoms with Crippen LogP contribution in [0.4, 0.5) is 0 Å². The smallest absolute Gasteiger partial charge is 0.169 e. The minimum absolute atomic E-state index is 0. The van der Waals surface area contributed by atoms with E-state index in [1.54, 1.807) is 7.11 Å². The fraction of sp³-hybridized carbons (Fsp3) is 0.200. The molecular weight excluding hydrogens is 274 g/mol. The van der Waals surface area contributed by atoms with Crippen molar-refractivity contribution in [2.24, 2.45) is 12.1 Å². The molecule has 0 fully saturated rings. The number of rotatable bonds is 5. The minimum Gasteiger partial charge on any atom is -1.00 e. The van der Waals surface area contributed by atoms with Gasteiger partial charge in [0.15, 0.2) is 12.4 Å². The lowest BCUT2D eigenvalue weighted by Crippen LogP contribution is -3.00. The lowest BCUT2D eigenvalue weighted by Gasteiger charge is -2.02. The SMILES string of the molecule is COc1ccc(CNN=Cc2cc[n+](C)cc2)cc1.[Cl-].